The SMILES string of the molecule is CC(C)CN.CCC(C)N.N[C@@H]1CCC[C@H](C(=O)O)C1.N[C@@H]1CC[C@H](C(=O)O)C1. The molecule has 0 saturated heterocycles. The van der Waals surface area contributed by atoms with Gasteiger partial charge in [-0.25, -0.2) is 0 Å². The number of nitrogens with two attached hydrogens (primary N) is 4. The van der Waals surface area contributed by atoms with Gasteiger partial charge in [-0.1, -0.05) is 27.2 Å². The summed E-state index contributed by atoms with van der Waals surface area (Å²) >= 11 is 0. The number of hydrogen-bond acceptors (Lipinski definition) is 6. The molecule has 2 saturated carbocycles. The maximum absolute atomic E-state index is 10.4. The zero-order valence-electron chi connectivity index (χ0n) is 18.8. The standard InChI is InChI=1S/C7H13NO2.C6H11NO2.2C4H11N/c8-6-3-1-2-5(4-6)7(9)10;7-5-2-1-4(3-5)6(8)9;1-4(2)3-5;1-3-4(2)5/h5-6H,1-4,8H2,(H,9,10);4-5H,1-3,7H2,(H,8,9);2*4H,3,5H2,1-2H3/t5-,6+;4-,5+;;/m00../s1. The van der Waals surface area contributed by atoms with Crippen LogP contribution in [0.3, 0.4) is 0 Å². The maximum Gasteiger partial charge on any atom is 0.306 e. The normalized spacial score (nSPS) is 26.7. The minimum Gasteiger partial charge on any atom is -0.481 e. The van der Waals surface area contributed by atoms with Gasteiger partial charge in [0.05, 0.1) is 11.8 Å². The fourth-order valence-electron chi connectivity index (χ4n) is 2.69. The lowest BCUT2D eigenvalue weighted by atomic mass is 9.86. The van der Waals surface area contributed by atoms with Crippen LogP contribution in [0.4, 0.5) is 0 Å². The lowest BCUT2D eigenvalue weighted by molar-refractivity contribution is -0.143. The van der Waals surface area contributed by atoms with E-state index in [1.54, 1.807) is 0 Å². The van der Waals surface area contributed by atoms with Gasteiger partial charge in [0.15, 0.2) is 0 Å². The Hall–Kier alpha value is -1.22. The Morgan fingerprint density at radius 2 is 1.28 bits per heavy atom. The molecule has 0 amide bonds. The van der Waals surface area contributed by atoms with Crippen LogP contribution in [0, 0.1) is 17.8 Å². The number of carboxylic acid groups (broad SMARTS) is 2. The highest BCUT2D eigenvalue weighted by molar-refractivity contribution is 5.70. The van der Waals surface area contributed by atoms with Crippen molar-refractivity contribution in [3.63, 3.8) is 0 Å². The van der Waals surface area contributed by atoms with Gasteiger partial charge in [-0.3, -0.25) is 9.59 Å². The van der Waals surface area contributed by atoms with E-state index in [-0.39, 0.29) is 23.9 Å². The summed E-state index contributed by atoms with van der Waals surface area (Å²) in [6, 6.07) is 0.635. The predicted molar refractivity (Wildman–Crippen MR) is 118 cm³/mol. The van der Waals surface area contributed by atoms with Gasteiger partial charge in [0.2, 0.25) is 0 Å². The van der Waals surface area contributed by atoms with E-state index in [2.05, 4.69) is 20.8 Å². The van der Waals surface area contributed by atoms with Crippen LogP contribution in [0.15, 0.2) is 0 Å². The Bertz CT molecular complexity index is 425. The molecule has 29 heavy (non-hydrogen) atoms. The molecule has 2 aliphatic carbocycles. The van der Waals surface area contributed by atoms with E-state index in [1.807, 2.05) is 6.92 Å². The molecule has 0 spiro atoms. The highest BCUT2D eigenvalue weighted by atomic mass is 16.4. The predicted octanol–water partition coefficient (Wildman–Crippen LogP) is 2.13. The number of rotatable bonds is 4. The Kier molecular flexibility index (Phi) is 18.2. The Morgan fingerprint density at radius 3 is 1.45 bits per heavy atom. The van der Waals surface area contributed by atoms with Crippen molar-refractivity contribution < 1.29 is 19.8 Å². The summed E-state index contributed by atoms with van der Waals surface area (Å²) in [6.45, 7) is 9.07. The monoisotopic (exact) mass is 418 g/mol. The van der Waals surface area contributed by atoms with E-state index in [1.165, 1.54) is 0 Å². The third kappa shape index (κ3) is 18.5. The van der Waals surface area contributed by atoms with Crippen molar-refractivity contribution in [2.75, 3.05) is 6.54 Å². The third-order valence-corrected chi connectivity index (χ3v) is 5.00. The van der Waals surface area contributed by atoms with Crippen LogP contribution < -0.4 is 22.9 Å². The Labute approximate surface area is 176 Å². The van der Waals surface area contributed by atoms with Gasteiger partial charge in [-0.15, -0.1) is 0 Å². The quantitative estimate of drug-likeness (QED) is 0.401. The highest BCUT2D eigenvalue weighted by Gasteiger charge is 2.27. The molecule has 10 N–H and O–H groups in total. The van der Waals surface area contributed by atoms with Crippen LogP contribution in [0.2, 0.25) is 0 Å². The first-order chi connectivity index (χ1) is 13.4. The minimum atomic E-state index is -0.692. The number of aliphatic carboxylic acids is 2. The van der Waals surface area contributed by atoms with Crippen LogP contribution in [0.5, 0.6) is 0 Å². The van der Waals surface area contributed by atoms with Gasteiger partial charge in [0, 0.05) is 18.1 Å². The number of carbonyl (C=O) groups is 2. The molecule has 1 unspecified atom stereocenters. The average Bonchev–Trinajstić information content (AvgIpc) is 3.10. The van der Waals surface area contributed by atoms with E-state index in [9.17, 15) is 9.59 Å². The summed E-state index contributed by atoms with van der Waals surface area (Å²) in [6.07, 6.45) is 6.81. The molecular weight excluding hydrogens is 372 g/mol. The molecule has 0 aliphatic heterocycles. The molecule has 0 radical (unpaired) electrons. The molecule has 0 bridgehead atoms. The maximum atomic E-state index is 10.4. The van der Waals surface area contributed by atoms with Crippen molar-refractivity contribution in [3.05, 3.63) is 0 Å². The average molecular weight is 419 g/mol. The first kappa shape index (κ1) is 30.0. The van der Waals surface area contributed by atoms with Crippen LogP contribution in [-0.2, 0) is 9.59 Å². The van der Waals surface area contributed by atoms with Crippen LogP contribution in [0.1, 0.15) is 79.1 Å². The van der Waals surface area contributed by atoms with Gasteiger partial charge in [-0.2, -0.15) is 0 Å². The summed E-state index contributed by atoms with van der Waals surface area (Å²) in [5, 5.41) is 17.1. The second kappa shape index (κ2) is 17.6. The molecule has 0 aromatic carbocycles. The second-order valence-corrected chi connectivity index (χ2v) is 8.59. The first-order valence-corrected chi connectivity index (χ1v) is 10.9. The largest absolute Gasteiger partial charge is 0.481 e. The second-order valence-electron chi connectivity index (χ2n) is 8.59. The van der Waals surface area contributed by atoms with E-state index in [4.69, 9.17) is 33.1 Å². The Balaban J connectivity index is 0. The van der Waals surface area contributed by atoms with Crippen molar-refractivity contribution in [2.24, 2.45) is 40.7 Å². The zero-order chi connectivity index (χ0) is 23.0. The molecule has 0 aromatic rings. The molecule has 5 atom stereocenters. The van der Waals surface area contributed by atoms with Crippen LogP contribution in [-0.4, -0.2) is 46.8 Å². The molecule has 174 valence electrons. The van der Waals surface area contributed by atoms with Crippen molar-refractivity contribution >= 4 is 11.9 Å². The fourth-order valence-corrected chi connectivity index (χ4v) is 2.69. The third-order valence-electron chi connectivity index (χ3n) is 5.00. The van der Waals surface area contributed by atoms with Gasteiger partial charge < -0.3 is 33.1 Å². The fraction of sp³-hybridized carbons (Fsp3) is 0.905. The summed E-state index contributed by atoms with van der Waals surface area (Å²) < 4.78 is 0. The molecule has 8 nitrogen and oxygen atoms in total. The van der Waals surface area contributed by atoms with Gasteiger partial charge >= 0.3 is 11.9 Å². The van der Waals surface area contributed by atoms with Crippen molar-refractivity contribution in [3.8, 4) is 0 Å². The van der Waals surface area contributed by atoms with E-state index < -0.39 is 11.9 Å². The summed E-state index contributed by atoms with van der Waals surface area (Å²) in [4.78, 5) is 20.7. The molecule has 8 heteroatoms. The smallest absolute Gasteiger partial charge is 0.306 e. The molecular formula is C21H46N4O4. The number of carboxylic acids is 2. The summed E-state index contributed by atoms with van der Waals surface area (Å²) in [5.41, 5.74) is 21.6. The molecule has 0 aromatic heterocycles. The van der Waals surface area contributed by atoms with E-state index >= 15 is 0 Å². The highest BCUT2D eigenvalue weighted by Crippen LogP contribution is 2.24. The molecule has 2 fully saturated rings. The topological polar surface area (TPSA) is 179 Å². The van der Waals surface area contributed by atoms with Gasteiger partial charge in [0.25, 0.3) is 0 Å². The molecule has 2 rings (SSSR count). The van der Waals surface area contributed by atoms with Crippen molar-refractivity contribution in [2.45, 2.75) is 97.2 Å². The van der Waals surface area contributed by atoms with Gasteiger partial charge in [-0.05, 0) is 64.3 Å². The number of hydrogen-bond donors (Lipinski definition) is 6. The summed E-state index contributed by atoms with van der Waals surface area (Å²) in [7, 11) is 0. The lowest BCUT2D eigenvalue weighted by Crippen LogP contribution is -2.31. The van der Waals surface area contributed by atoms with E-state index in [0.717, 1.165) is 45.1 Å². The molecule has 2 aliphatic rings. The minimum absolute atomic E-state index is 0.120. The van der Waals surface area contributed by atoms with Crippen molar-refractivity contribution in [1.29, 1.82) is 0 Å². The lowest BCUT2D eigenvalue weighted by Gasteiger charge is -2.22. The Morgan fingerprint density at radius 1 is 0.897 bits per heavy atom. The van der Waals surface area contributed by atoms with Crippen LogP contribution in [0.25, 0.3) is 0 Å². The van der Waals surface area contributed by atoms with E-state index in [0.29, 0.717) is 24.8 Å². The van der Waals surface area contributed by atoms with Crippen molar-refractivity contribution in [1.82, 2.24) is 0 Å². The first-order valence-electron chi connectivity index (χ1n) is 10.9. The summed E-state index contributed by atoms with van der Waals surface area (Å²) in [5.74, 6) is -1.06. The zero-order valence-corrected chi connectivity index (χ0v) is 18.8. The van der Waals surface area contributed by atoms with Crippen LogP contribution >= 0.6 is 0 Å². The van der Waals surface area contributed by atoms with Gasteiger partial charge in [0.1, 0.15) is 0 Å². The molecule has 0 heterocycles.